The molecular weight excluding hydrogens is 242 g/mol. The quantitative estimate of drug-likeness (QED) is 0.615. The van der Waals surface area contributed by atoms with Crippen molar-refractivity contribution >= 4 is 5.69 Å². The lowest BCUT2D eigenvalue weighted by atomic mass is 9.94. The Morgan fingerprint density at radius 2 is 2.16 bits per heavy atom. The number of nitro groups is 1. The Hall–Kier alpha value is -1.93. The molecular formula is C14H17N3O2. The fraction of sp³-hybridized carbons (Fsp3) is 0.500. The van der Waals surface area contributed by atoms with E-state index in [2.05, 4.69) is 11.0 Å². The van der Waals surface area contributed by atoms with Crippen molar-refractivity contribution in [2.75, 3.05) is 13.1 Å². The zero-order valence-corrected chi connectivity index (χ0v) is 10.8. The SMILES string of the molecule is N#CCC1CCN(Cc2cccc([N+](=O)[O-])c2)CC1. The molecule has 0 bridgehead atoms. The predicted octanol–water partition coefficient (Wildman–Crippen LogP) is 2.72. The van der Waals surface area contributed by atoms with Crippen LogP contribution in [0.4, 0.5) is 5.69 Å². The maximum Gasteiger partial charge on any atom is 0.269 e. The second-order valence-corrected chi connectivity index (χ2v) is 5.01. The maximum atomic E-state index is 10.7. The molecule has 0 radical (unpaired) electrons. The lowest BCUT2D eigenvalue weighted by molar-refractivity contribution is -0.384. The van der Waals surface area contributed by atoms with Crippen molar-refractivity contribution in [3.8, 4) is 6.07 Å². The van der Waals surface area contributed by atoms with Crippen molar-refractivity contribution < 1.29 is 4.92 Å². The van der Waals surface area contributed by atoms with Gasteiger partial charge < -0.3 is 0 Å². The van der Waals surface area contributed by atoms with Gasteiger partial charge in [-0.15, -0.1) is 0 Å². The van der Waals surface area contributed by atoms with Crippen molar-refractivity contribution in [2.45, 2.75) is 25.8 Å². The predicted molar refractivity (Wildman–Crippen MR) is 71.3 cm³/mol. The lowest BCUT2D eigenvalue weighted by Crippen LogP contribution is -2.33. The topological polar surface area (TPSA) is 70.2 Å². The molecule has 1 aliphatic heterocycles. The van der Waals surface area contributed by atoms with Gasteiger partial charge in [0.1, 0.15) is 0 Å². The molecule has 1 aromatic rings. The number of nitro benzene ring substituents is 1. The Morgan fingerprint density at radius 1 is 1.42 bits per heavy atom. The lowest BCUT2D eigenvalue weighted by Gasteiger charge is -2.30. The smallest absolute Gasteiger partial charge is 0.269 e. The molecule has 5 nitrogen and oxygen atoms in total. The number of nitriles is 1. The Balaban J connectivity index is 1.90. The highest BCUT2D eigenvalue weighted by molar-refractivity contribution is 5.34. The summed E-state index contributed by atoms with van der Waals surface area (Å²) in [5.41, 5.74) is 1.13. The first-order valence-electron chi connectivity index (χ1n) is 6.51. The summed E-state index contributed by atoms with van der Waals surface area (Å²) in [4.78, 5) is 12.7. The van der Waals surface area contributed by atoms with Crippen LogP contribution in [0.15, 0.2) is 24.3 Å². The molecule has 1 aliphatic rings. The van der Waals surface area contributed by atoms with Crippen molar-refractivity contribution in [3.63, 3.8) is 0 Å². The summed E-state index contributed by atoms with van der Waals surface area (Å²) in [7, 11) is 0. The third-order valence-corrected chi connectivity index (χ3v) is 3.61. The van der Waals surface area contributed by atoms with Gasteiger partial charge in [0.15, 0.2) is 0 Å². The van der Waals surface area contributed by atoms with E-state index in [0.717, 1.165) is 38.0 Å². The second kappa shape index (κ2) is 6.30. The van der Waals surface area contributed by atoms with Crippen LogP contribution in [-0.2, 0) is 6.54 Å². The van der Waals surface area contributed by atoms with Crippen LogP contribution in [-0.4, -0.2) is 22.9 Å². The molecule has 19 heavy (non-hydrogen) atoms. The number of hydrogen-bond acceptors (Lipinski definition) is 4. The fourth-order valence-corrected chi connectivity index (χ4v) is 2.50. The molecule has 5 heteroatoms. The van der Waals surface area contributed by atoms with Gasteiger partial charge in [-0.2, -0.15) is 5.26 Å². The summed E-state index contributed by atoms with van der Waals surface area (Å²) >= 11 is 0. The molecule has 0 spiro atoms. The number of non-ortho nitro benzene ring substituents is 1. The van der Waals surface area contributed by atoms with E-state index in [9.17, 15) is 10.1 Å². The summed E-state index contributed by atoms with van der Waals surface area (Å²) in [6, 6.07) is 9.04. The van der Waals surface area contributed by atoms with Crippen molar-refractivity contribution in [2.24, 2.45) is 5.92 Å². The Morgan fingerprint density at radius 3 is 2.79 bits per heavy atom. The van der Waals surface area contributed by atoms with Gasteiger partial charge in [-0.25, -0.2) is 0 Å². The highest BCUT2D eigenvalue weighted by Gasteiger charge is 2.19. The molecule has 100 valence electrons. The van der Waals surface area contributed by atoms with Crippen LogP contribution < -0.4 is 0 Å². The van der Waals surface area contributed by atoms with E-state index in [1.807, 2.05) is 6.07 Å². The number of benzene rings is 1. The van der Waals surface area contributed by atoms with Crippen molar-refractivity contribution in [1.29, 1.82) is 5.26 Å². The first-order valence-corrected chi connectivity index (χ1v) is 6.51. The van der Waals surface area contributed by atoms with Crippen LogP contribution in [0.2, 0.25) is 0 Å². The molecule has 0 N–H and O–H groups in total. The van der Waals surface area contributed by atoms with Gasteiger partial charge in [0, 0.05) is 25.1 Å². The number of piperidine rings is 1. The van der Waals surface area contributed by atoms with E-state index < -0.39 is 0 Å². The Bertz CT molecular complexity index is 488. The first kappa shape index (κ1) is 13.5. The van der Waals surface area contributed by atoms with Crippen LogP contribution in [0, 0.1) is 27.4 Å². The molecule has 0 amide bonds. The maximum absolute atomic E-state index is 10.7. The largest absolute Gasteiger partial charge is 0.299 e. The van der Waals surface area contributed by atoms with Gasteiger partial charge >= 0.3 is 0 Å². The monoisotopic (exact) mass is 259 g/mol. The molecule has 1 heterocycles. The molecule has 0 aromatic heterocycles. The van der Waals surface area contributed by atoms with Crippen LogP contribution >= 0.6 is 0 Å². The van der Waals surface area contributed by atoms with Crippen LogP contribution in [0.3, 0.4) is 0 Å². The third-order valence-electron chi connectivity index (χ3n) is 3.61. The number of nitrogens with zero attached hydrogens (tertiary/aromatic N) is 3. The normalized spacial score (nSPS) is 17.0. The van der Waals surface area contributed by atoms with Gasteiger partial charge in [-0.1, -0.05) is 12.1 Å². The molecule has 1 fully saturated rings. The van der Waals surface area contributed by atoms with E-state index in [1.165, 1.54) is 6.07 Å². The van der Waals surface area contributed by atoms with Gasteiger partial charge in [-0.05, 0) is 37.4 Å². The Labute approximate surface area is 112 Å². The average Bonchev–Trinajstić information content (AvgIpc) is 2.42. The van der Waals surface area contributed by atoms with E-state index in [0.29, 0.717) is 12.3 Å². The summed E-state index contributed by atoms with van der Waals surface area (Å²) < 4.78 is 0. The summed E-state index contributed by atoms with van der Waals surface area (Å²) in [6.45, 7) is 2.69. The van der Waals surface area contributed by atoms with E-state index in [-0.39, 0.29) is 10.6 Å². The first-order chi connectivity index (χ1) is 9.19. The molecule has 1 aromatic carbocycles. The van der Waals surface area contributed by atoms with Gasteiger partial charge in [0.2, 0.25) is 0 Å². The van der Waals surface area contributed by atoms with E-state index in [4.69, 9.17) is 5.26 Å². The zero-order chi connectivity index (χ0) is 13.7. The highest BCUT2D eigenvalue weighted by Crippen LogP contribution is 2.22. The number of hydrogen-bond donors (Lipinski definition) is 0. The average molecular weight is 259 g/mol. The molecule has 0 atom stereocenters. The van der Waals surface area contributed by atoms with E-state index in [1.54, 1.807) is 12.1 Å². The standard InChI is InChI=1S/C14H17N3O2/c15-7-4-12-5-8-16(9-6-12)11-13-2-1-3-14(10-13)17(18)19/h1-3,10,12H,4-6,8-9,11H2. The molecule has 0 saturated carbocycles. The number of likely N-dealkylation sites (tertiary alicyclic amines) is 1. The molecule has 0 aliphatic carbocycles. The number of rotatable bonds is 4. The van der Waals surface area contributed by atoms with Crippen LogP contribution in [0.5, 0.6) is 0 Å². The summed E-state index contributed by atoms with van der Waals surface area (Å²) in [5.74, 6) is 0.520. The molecule has 2 rings (SSSR count). The third kappa shape index (κ3) is 3.76. The van der Waals surface area contributed by atoms with Gasteiger partial charge in [0.25, 0.3) is 5.69 Å². The van der Waals surface area contributed by atoms with Crippen molar-refractivity contribution in [1.82, 2.24) is 4.90 Å². The second-order valence-electron chi connectivity index (χ2n) is 5.01. The van der Waals surface area contributed by atoms with Gasteiger partial charge in [0.05, 0.1) is 11.0 Å². The highest BCUT2D eigenvalue weighted by atomic mass is 16.6. The molecule has 1 saturated heterocycles. The van der Waals surface area contributed by atoms with E-state index >= 15 is 0 Å². The molecule has 0 unspecified atom stereocenters. The van der Waals surface area contributed by atoms with Gasteiger partial charge in [-0.3, -0.25) is 15.0 Å². The van der Waals surface area contributed by atoms with Crippen LogP contribution in [0.25, 0.3) is 0 Å². The Kier molecular flexibility index (Phi) is 4.48. The minimum atomic E-state index is -0.358. The fourth-order valence-electron chi connectivity index (χ4n) is 2.50. The summed E-state index contributed by atoms with van der Waals surface area (Å²) in [6.07, 6.45) is 2.73. The minimum Gasteiger partial charge on any atom is -0.299 e. The zero-order valence-electron chi connectivity index (χ0n) is 10.8. The van der Waals surface area contributed by atoms with Crippen LogP contribution in [0.1, 0.15) is 24.8 Å². The minimum absolute atomic E-state index is 0.150. The summed E-state index contributed by atoms with van der Waals surface area (Å²) in [5, 5.41) is 19.4. The van der Waals surface area contributed by atoms with Crippen molar-refractivity contribution in [3.05, 3.63) is 39.9 Å².